The third-order valence-corrected chi connectivity index (χ3v) is 5.88. The number of carbonyl (C=O) groups excluding carboxylic acids is 1. The summed E-state index contributed by atoms with van der Waals surface area (Å²) < 4.78 is 2.24. The molecule has 4 aromatic rings. The standard InChI is InChI=1S/C27H25N3O/c31-27(26(21-10-3-1-4-11-21)22-12-5-2-6-13-22)28-18-20-9-7-14-23(17-20)24-19-30-16-8-15-25(30)29-24/h1-7,9-14,17,19,26H,8,15-16,18H2,(H,28,31). The average molecular weight is 408 g/mol. The summed E-state index contributed by atoms with van der Waals surface area (Å²) in [6.07, 6.45) is 4.37. The van der Waals surface area contributed by atoms with Gasteiger partial charge in [-0.1, -0.05) is 78.9 Å². The van der Waals surface area contributed by atoms with Crippen LogP contribution in [0.15, 0.2) is 91.1 Å². The fraction of sp³-hybridized carbons (Fsp3) is 0.185. The van der Waals surface area contributed by atoms with E-state index in [4.69, 9.17) is 4.98 Å². The van der Waals surface area contributed by atoms with Gasteiger partial charge < -0.3 is 9.88 Å². The topological polar surface area (TPSA) is 46.9 Å². The third-order valence-electron chi connectivity index (χ3n) is 5.88. The van der Waals surface area contributed by atoms with E-state index < -0.39 is 0 Å². The Labute approximate surface area is 182 Å². The Hall–Kier alpha value is -3.66. The summed E-state index contributed by atoms with van der Waals surface area (Å²) >= 11 is 0. The van der Waals surface area contributed by atoms with Crippen molar-refractivity contribution in [2.45, 2.75) is 31.8 Å². The van der Waals surface area contributed by atoms with Crippen LogP contribution >= 0.6 is 0 Å². The molecule has 0 radical (unpaired) electrons. The number of rotatable bonds is 6. The number of aryl methyl sites for hydroxylation is 2. The van der Waals surface area contributed by atoms with Gasteiger partial charge in [-0.3, -0.25) is 4.79 Å². The van der Waals surface area contributed by atoms with Crippen LogP contribution in [0.2, 0.25) is 0 Å². The summed E-state index contributed by atoms with van der Waals surface area (Å²) in [6.45, 7) is 1.54. The molecule has 1 aliphatic rings. The minimum atomic E-state index is -0.332. The second kappa shape index (κ2) is 8.60. The highest BCUT2D eigenvalue weighted by Crippen LogP contribution is 2.26. The Morgan fingerprint density at radius 2 is 1.65 bits per heavy atom. The molecule has 1 amide bonds. The summed E-state index contributed by atoms with van der Waals surface area (Å²) in [5.74, 6) is 0.840. The van der Waals surface area contributed by atoms with Crippen LogP contribution < -0.4 is 5.32 Å². The lowest BCUT2D eigenvalue weighted by molar-refractivity contribution is -0.121. The Balaban J connectivity index is 1.34. The molecule has 0 fully saturated rings. The maximum atomic E-state index is 13.2. The molecule has 2 heterocycles. The van der Waals surface area contributed by atoms with E-state index in [1.165, 1.54) is 12.2 Å². The number of amides is 1. The van der Waals surface area contributed by atoms with Crippen LogP contribution in [0.4, 0.5) is 0 Å². The van der Waals surface area contributed by atoms with Crippen molar-refractivity contribution < 1.29 is 4.79 Å². The molecule has 3 aromatic carbocycles. The van der Waals surface area contributed by atoms with Crippen molar-refractivity contribution in [1.29, 1.82) is 0 Å². The summed E-state index contributed by atoms with van der Waals surface area (Å²) in [5, 5.41) is 3.15. The molecule has 0 saturated carbocycles. The zero-order valence-electron chi connectivity index (χ0n) is 17.4. The quantitative estimate of drug-likeness (QED) is 0.492. The Bertz CT molecular complexity index is 1120. The molecular weight excluding hydrogens is 382 g/mol. The Morgan fingerprint density at radius 3 is 2.32 bits per heavy atom. The molecule has 0 aliphatic carbocycles. The lowest BCUT2D eigenvalue weighted by atomic mass is 9.90. The van der Waals surface area contributed by atoms with Gasteiger partial charge in [-0.2, -0.15) is 0 Å². The molecule has 31 heavy (non-hydrogen) atoms. The highest BCUT2D eigenvalue weighted by atomic mass is 16.1. The predicted octanol–water partition coefficient (Wildman–Crippen LogP) is 4.94. The van der Waals surface area contributed by atoms with Crippen molar-refractivity contribution in [3.63, 3.8) is 0 Å². The van der Waals surface area contributed by atoms with Crippen LogP contribution in [0.1, 0.15) is 34.9 Å². The van der Waals surface area contributed by atoms with Crippen LogP contribution in [0, 0.1) is 0 Å². The van der Waals surface area contributed by atoms with Gasteiger partial charge in [0.25, 0.3) is 0 Å². The molecule has 0 spiro atoms. The molecule has 0 atom stereocenters. The van der Waals surface area contributed by atoms with Crippen molar-refractivity contribution in [3.05, 3.63) is 114 Å². The highest BCUT2D eigenvalue weighted by molar-refractivity contribution is 5.87. The number of nitrogens with zero attached hydrogens (tertiary/aromatic N) is 2. The highest BCUT2D eigenvalue weighted by Gasteiger charge is 2.22. The fourth-order valence-electron chi connectivity index (χ4n) is 4.31. The first-order valence-corrected chi connectivity index (χ1v) is 10.8. The number of benzene rings is 3. The van der Waals surface area contributed by atoms with Gasteiger partial charge in [0.2, 0.25) is 5.91 Å². The van der Waals surface area contributed by atoms with E-state index in [-0.39, 0.29) is 11.8 Å². The van der Waals surface area contributed by atoms with Crippen molar-refractivity contribution in [1.82, 2.24) is 14.9 Å². The number of fused-ring (bicyclic) bond motifs is 1. The first-order chi connectivity index (χ1) is 15.3. The van der Waals surface area contributed by atoms with Crippen LogP contribution in [0.3, 0.4) is 0 Å². The van der Waals surface area contributed by atoms with Gasteiger partial charge in [0, 0.05) is 31.3 Å². The van der Waals surface area contributed by atoms with E-state index in [2.05, 4.69) is 28.2 Å². The number of imidazole rings is 1. The first kappa shape index (κ1) is 19.3. The van der Waals surface area contributed by atoms with E-state index in [0.717, 1.165) is 40.9 Å². The van der Waals surface area contributed by atoms with Crippen LogP contribution in [0.5, 0.6) is 0 Å². The summed E-state index contributed by atoms with van der Waals surface area (Å²) in [4.78, 5) is 18.0. The average Bonchev–Trinajstić information content (AvgIpc) is 3.42. The van der Waals surface area contributed by atoms with Crippen LogP contribution in [0.25, 0.3) is 11.3 Å². The number of carbonyl (C=O) groups is 1. The van der Waals surface area contributed by atoms with E-state index in [9.17, 15) is 4.79 Å². The maximum absolute atomic E-state index is 13.2. The number of hydrogen-bond acceptors (Lipinski definition) is 2. The van der Waals surface area contributed by atoms with Crippen molar-refractivity contribution in [2.75, 3.05) is 0 Å². The first-order valence-electron chi connectivity index (χ1n) is 10.8. The molecular formula is C27H25N3O. The van der Waals surface area contributed by atoms with Crippen LogP contribution in [-0.2, 0) is 24.3 Å². The smallest absolute Gasteiger partial charge is 0.232 e. The minimum Gasteiger partial charge on any atom is -0.351 e. The zero-order valence-corrected chi connectivity index (χ0v) is 17.4. The predicted molar refractivity (Wildman–Crippen MR) is 123 cm³/mol. The number of aromatic nitrogens is 2. The lowest BCUT2D eigenvalue weighted by Crippen LogP contribution is -2.29. The van der Waals surface area contributed by atoms with E-state index in [0.29, 0.717) is 6.54 Å². The molecule has 4 heteroatoms. The van der Waals surface area contributed by atoms with Gasteiger partial charge in [0.1, 0.15) is 5.82 Å². The van der Waals surface area contributed by atoms with Crippen molar-refractivity contribution >= 4 is 5.91 Å². The van der Waals surface area contributed by atoms with E-state index in [1.807, 2.05) is 72.8 Å². The van der Waals surface area contributed by atoms with Crippen LogP contribution in [-0.4, -0.2) is 15.5 Å². The van der Waals surface area contributed by atoms with E-state index in [1.54, 1.807) is 0 Å². The van der Waals surface area contributed by atoms with Gasteiger partial charge in [-0.25, -0.2) is 4.98 Å². The third kappa shape index (κ3) is 4.15. The maximum Gasteiger partial charge on any atom is 0.232 e. The summed E-state index contributed by atoms with van der Waals surface area (Å²) in [7, 11) is 0. The Morgan fingerprint density at radius 1 is 0.935 bits per heavy atom. The van der Waals surface area contributed by atoms with Gasteiger partial charge >= 0.3 is 0 Å². The minimum absolute atomic E-state index is 0.00349. The van der Waals surface area contributed by atoms with E-state index >= 15 is 0 Å². The Kier molecular flexibility index (Phi) is 5.36. The number of hydrogen-bond donors (Lipinski definition) is 1. The SMILES string of the molecule is O=C(NCc1cccc(-c2cn3c(n2)CCC3)c1)C(c1ccccc1)c1ccccc1. The largest absolute Gasteiger partial charge is 0.351 e. The fourth-order valence-corrected chi connectivity index (χ4v) is 4.31. The molecule has 0 unspecified atom stereocenters. The molecule has 4 nitrogen and oxygen atoms in total. The zero-order chi connectivity index (χ0) is 21.0. The molecule has 154 valence electrons. The molecule has 1 aromatic heterocycles. The van der Waals surface area contributed by atoms with Gasteiger partial charge in [0.05, 0.1) is 11.6 Å². The molecule has 0 bridgehead atoms. The lowest BCUT2D eigenvalue weighted by Gasteiger charge is -2.18. The molecule has 5 rings (SSSR count). The molecule has 1 aliphatic heterocycles. The second-order valence-corrected chi connectivity index (χ2v) is 8.01. The van der Waals surface area contributed by atoms with Crippen molar-refractivity contribution in [3.8, 4) is 11.3 Å². The summed E-state index contributed by atoms with van der Waals surface area (Å²) in [5.41, 5.74) is 5.16. The van der Waals surface area contributed by atoms with Gasteiger partial charge in [-0.05, 0) is 29.2 Å². The van der Waals surface area contributed by atoms with Crippen molar-refractivity contribution in [2.24, 2.45) is 0 Å². The van der Waals surface area contributed by atoms with Gasteiger partial charge in [0.15, 0.2) is 0 Å². The number of nitrogens with one attached hydrogen (secondary N) is 1. The normalized spacial score (nSPS) is 12.7. The second-order valence-electron chi connectivity index (χ2n) is 8.01. The molecule has 1 N–H and O–H groups in total. The van der Waals surface area contributed by atoms with Gasteiger partial charge in [-0.15, -0.1) is 0 Å². The molecule has 0 saturated heterocycles. The monoisotopic (exact) mass is 407 g/mol. The summed E-state index contributed by atoms with van der Waals surface area (Å²) in [6, 6.07) is 28.2.